The van der Waals surface area contributed by atoms with Gasteiger partial charge in [0.15, 0.2) is 0 Å². The van der Waals surface area contributed by atoms with E-state index in [0.717, 1.165) is 5.04 Å². The maximum absolute atomic E-state index is 9.82. The molecule has 15 heavy (non-hydrogen) atoms. The van der Waals surface area contributed by atoms with Gasteiger partial charge in [0.25, 0.3) is 0 Å². The van der Waals surface area contributed by atoms with Crippen molar-refractivity contribution in [3.63, 3.8) is 0 Å². The molecule has 6 atom stereocenters. The van der Waals surface area contributed by atoms with Crippen LogP contribution in [0.15, 0.2) is 4.99 Å². The first-order valence-electron chi connectivity index (χ1n) is 4.91. The number of ether oxygens (including phenoxy) is 1. The lowest BCUT2D eigenvalue weighted by atomic mass is 9.95. The van der Waals surface area contributed by atoms with Crippen molar-refractivity contribution >= 4 is 16.8 Å². The Hall–Kier alpha value is -0.140. The summed E-state index contributed by atoms with van der Waals surface area (Å²) in [4.78, 5) is 4.20. The van der Waals surface area contributed by atoms with Crippen LogP contribution >= 0.6 is 11.8 Å². The fourth-order valence-electron chi connectivity index (χ4n) is 1.92. The molecule has 1 fully saturated rings. The number of hydrogen-bond donors (Lipinski definition) is 3. The average Bonchev–Trinajstić information content (AvgIpc) is 2.52. The number of thioether (sulfide) groups is 1. The molecule has 0 aromatic carbocycles. The zero-order valence-corrected chi connectivity index (χ0v) is 9.39. The fraction of sp³-hybridized carbons (Fsp3) is 0.889. The van der Waals surface area contributed by atoms with Gasteiger partial charge in [-0.1, -0.05) is 11.8 Å². The summed E-state index contributed by atoms with van der Waals surface area (Å²) in [5, 5.41) is 29.8. The van der Waals surface area contributed by atoms with Gasteiger partial charge in [0.05, 0.1) is 11.1 Å². The molecule has 2 heterocycles. The molecule has 5 nitrogen and oxygen atoms in total. The van der Waals surface area contributed by atoms with E-state index < -0.39 is 30.5 Å². The van der Waals surface area contributed by atoms with Gasteiger partial charge in [-0.25, -0.2) is 0 Å². The Morgan fingerprint density at radius 2 is 2.07 bits per heavy atom. The molecule has 6 heteroatoms. The molecular weight excluding hydrogens is 218 g/mol. The Morgan fingerprint density at radius 3 is 2.67 bits per heavy atom. The SMILES string of the molecule is CC1=N[C@@H]2[C@@H](O)[C@H](O)[C@@H]([C@@H](C)O)O[C@@H]2S1. The molecule has 0 bridgehead atoms. The van der Waals surface area contributed by atoms with Gasteiger partial charge in [0, 0.05) is 0 Å². The van der Waals surface area contributed by atoms with Crippen LogP contribution in [0, 0.1) is 0 Å². The van der Waals surface area contributed by atoms with E-state index in [1.54, 1.807) is 0 Å². The molecule has 0 amide bonds. The van der Waals surface area contributed by atoms with Crippen molar-refractivity contribution in [2.45, 2.75) is 49.7 Å². The van der Waals surface area contributed by atoms with Crippen LogP contribution in [0.25, 0.3) is 0 Å². The summed E-state index contributed by atoms with van der Waals surface area (Å²) < 4.78 is 5.51. The molecular formula is C9H15NO4S. The van der Waals surface area contributed by atoms with Crippen molar-refractivity contribution in [3.8, 4) is 0 Å². The first kappa shape index (κ1) is 11.3. The summed E-state index contributed by atoms with van der Waals surface area (Å²) in [6, 6.07) is -0.417. The van der Waals surface area contributed by atoms with Crippen LogP contribution in [0.5, 0.6) is 0 Å². The van der Waals surface area contributed by atoms with Crippen molar-refractivity contribution in [2.75, 3.05) is 0 Å². The molecule has 0 aromatic heterocycles. The smallest absolute Gasteiger partial charge is 0.134 e. The predicted octanol–water partition coefficient (Wildman–Crippen LogP) is -0.652. The first-order chi connectivity index (χ1) is 7.00. The van der Waals surface area contributed by atoms with Crippen molar-refractivity contribution < 1.29 is 20.1 Å². The third-order valence-electron chi connectivity index (χ3n) is 2.70. The van der Waals surface area contributed by atoms with Crippen LogP contribution in [0.1, 0.15) is 13.8 Å². The van der Waals surface area contributed by atoms with Gasteiger partial charge in [-0.15, -0.1) is 0 Å². The number of hydrogen-bond acceptors (Lipinski definition) is 6. The molecule has 0 unspecified atom stereocenters. The van der Waals surface area contributed by atoms with Crippen molar-refractivity contribution in [1.29, 1.82) is 0 Å². The maximum Gasteiger partial charge on any atom is 0.134 e. The van der Waals surface area contributed by atoms with Crippen LogP contribution in [0.4, 0.5) is 0 Å². The highest BCUT2D eigenvalue weighted by Gasteiger charge is 2.48. The Balaban J connectivity index is 2.16. The summed E-state index contributed by atoms with van der Waals surface area (Å²) in [7, 11) is 0. The van der Waals surface area contributed by atoms with Crippen LogP contribution in [0.3, 0.4) is 0 Å². The highest BCUT2D eigenvalue weighted by Crippen LogP contribution is 2.36. The first-order valence-corrected chi connectivity index (χ1v) is 5.79. The Kier molecular flexibility index (Phi) is 3.05. The second-order valence-corrected chi connectivity index (χ2v) is 5.24. The van der Waals surface area contributed by atoms with E-state index in [-0.39, 0.29) is 5.44 Å². The summed E-state index contributed by atoms with van der Waals surface area (Å²) >= 11 is 1.42. The maximum atomic E-state index is 9.82. The third kappa shape index (κ3) is 1.92. The topological polar surface area (TPSA) is 82.3 Å². The lowest BCUT2D eigenvalue weighted by molar-refractivity contribution is -0.181. The lowest BCUT2D eigenvalue weighted by Crippen LogP contribution is -2.57. The normalized spacial score (nSPS) is 47.3. The number of aliphatic imine (C=N–C) groups is 1. The molecule has 86 valence electrons. The van der Waals surface area contributed by atoms with Gasteiger partial charge in [-0.2, -0.15) is 0 Å². The van der Waals surface area contributed by atoms with E-state index in [9.17, 15) is 15.3 Å². The van der Waals surface area contributed by atoms with Gasteiger partial charge in [-0.05, 0) is 13.8 Å². The van der Waals surface area contributed by atoms with Crippen LogP contribution in [0.2, 0.25) is 0 Å². The molecule has 0 radical (unpaired) electrons. The summed E-state index contributed by atoms with van der Waals surface area (Å²) in [6.07, 6.45) is -3.60. The van der Waals surface area contributed by atoms with E-state index in [2.05, 4.69) is 4.99 Å². The third-order valence-corrected chi connectivity index (χ3v) is 3.77. The Labute approximate surface area is 92.2 Å². The van der Waals surface area contributed by atoms with E-state index >= 15 is 0 Å². The monoisotopic (exact) mass is 233 g/mol. The second kappa shape index (κ2) is 4.03. The summed E-state index contributed by atoms with van der Waals surface area (Å²) in [6.45, 7) is 3.37. The minimum atomic E-state index is -1.08. The van der Waals surface area contributed by atoms with Crippen LogP contribution in [-0.4, -0.2) is 56.3 Å². The molecule has 1 saturated heterocycles. The molecule has 2 aliphatic rings. The van der Waals surface area contributed by atoms with Crippen LogP contribution < -0.4 is 0 Å². The van der Waals surface area contributed by atoms with Gasteiger partial charge in [-0.3, -0.25) is 4.99 Å². The van der Waals surface area contributed by atoms with E-state index in [0.29, 0.717) is 0 Å². The number of rotatable bonds is 1. The highest BCUT2D eigenvalue weighted by molar-refractivity contribution is 8.14. The fourth-order valence-corrected chi connectivity index (χ4v) is 2.98. The van der Waals surface area contributed by atoms with Gasteiger partial charge in [0.1, 0.15) is 29.8 Å². The van der Waals surface area contributed by atoms with E-state index in [4.69, 9.17) is 4.74 Å². The predicted molar refractivity (Wildman–Crippen MR) is 56.8 cm³/mol. The van der Waals surface area contributed by atoms with Crippen molar-refractivity contribution in [2.24, 2.45) is 4.99 Å². The quantitative estimate of drug-likeness (QED) is 0.560. The zero-order chi connectivity index (χ0) is 11.2. The van der Waals surface area contributed by atoms with Gasteiger partial charge < -0.3 is 20.1 Å². The molecule has 0 aromatic rings. The van der Waals surface area contributed by atoms with Gasteiger partial charge >= 0.3 is 0 Å². The number of aliphatic hydroxyl groups excluding tert-OH is 3. The van der Waals surface area contributed by atoms with E-state index in [1.165, 1.54) is 18.7 Å². The molecule has 0 aliphatic carbocycles. The van der Waals surface area contributed by atoms with Crippen molar-refractivity contribution in [1.82, 2.24) is 0 Å². The molecule has 0 spiro atoms. The number of aliphatic hydroxyl groups is 3. The van der Waals surface area contributed by atoms with Gasteiger partial charge in [0.2, 0.25) is 0 Å². The minimum absolute atomic E-state index is 0.289. The Morgan fingerprint density at radius 1 is 1.40 bits per heavy atom. The summed E-state index contributed by atoms with van der Waals surface area (Å²) in [5.74, 6) is 0. The number of nitrogens with zero attached hydrogens (tertiary/aromatic N) is 1. The standard InChI is InChI=1S/C9H15NO4S/c1-3(11)8-7(13)6(12)5-9(14-8)15-4(2)10-5/h3,5-9,11-13H,1-2H3/t3-,5-,6-,7+,8-,9-/m1/s1. The highest BCUT2D eigenvalue weighted by atomic mass is 32.2. The second-order valence-electron chi connectivity index (χ2n) is 3.95. The van der Waals surface area contributed by atoms with E-state index in [1.807, 2.05) is 6.92 Å². The summed E-state index contributed by atoms with van der Waals surface area (Å²) in [5.41, 5.74) is -0.289. The average molecular weight is 233 g/mol. The largest absolute Gasteiger partial charge is 0.391 e. The van der Waals surface area contributed by atoms with Crippen molar-refractivity contribution in [3.05, 3.63) is 0 Å². The number of fused-ring (bicyclic) bond motifs is 1. The minimum Gasteiger partial charge on any atom is -0.391 e. The molecule has 0 saturated carbocycles. The molecule has 2 aliphatic heterocycles. The Bertz CT molecular complexity index is 283. The molecule has 2 rings (SSSR count). The lowest BCUT2D eigenvalue weighted by Gasteiger charge is -2.39. The molecule has 3 N–H and O–H groups in total. The zero-order valence-electron chi connectivity index (χ0n) is 8.57. The van der Waals surface area contributed by atoms with Crippen LogP contribution in [-0.2, 0) is 4.74 Å².